The van der Waals surface area contributed by atoms with Crippen LogP contribution < -0.4 is 5.32 Å². The van der Waals surface area contributed by atoms with Crippen LogP contribution in [0, 0.1) is 0 Å². The number of nitrogens with one attached hydrogen (secondary N) is 1. The summed E-state index contributed by atoms with van der Waals surface area (Å²) in [4.78, 5) is 23.7. The summed E-state index contributed by atoms with van der Waals surface area (Å²) in [6.45, 7) is 6.39. The lowest BCUT2D eigenvalue weighted by atomic mass is 10.1. The Kier molecular flexibility index (Phi) is 7.18. The third-order valence-electron chi connectivity index (χ3n) is 3.79. The quantitative estimate of drug-likeness (QED) is 0.418. The third-order valence-corrected chi connectivity index (χ3v) is 4.89. The Bertz CT molecular complexity index is 712. The standard InChI is InChI=1S/C18H24N4O2S/c1-4-5-6-11-22-12-19-21-18(22)25-14(3)17(24)20-16-9-7-15(8-10-16)13(2)23/h7-10,12,14H,4-6,11H2,1-3H3,(H,20,24)/t14-/m0/s1. The minimum absolute atomic E-state index is 0.00390. The van der Waals surface area contributed by atoms with Gasteiger partial charge in [-0.25, -0.2) is 0 Å². The van der Waals surface area contributed by atoms with E-state index in [1.165, 1.54) is 18.7 Å². The van der Waals surface area contributed by atoms with Gasteiger partial charge in [0.2, 0.25) is 5.91 Å². The molecule has 0 bridgehead atoms. The summed E-state index contributed by atoms with van der Waals surface area (Å²) in [5, 5.41) is 11.4. The van der Waals surface area contributed by atoms with Crippen LogP contribution in [0.5, 0.6) is 0 Å². The number of Topliss-reactive ketones (excluding diaryl/α,β-unsaturated/α-hetero) is 1. The predicted molar refractivity (Wildman–Crippen MR) is 99.9 cm³/mol. The molecule has 25 heavy (non-hydrogen) atoms. The van der Waals surface area contributed by atoms with Crippen molar-refractivity contribution in [3.63, 3.8) is 0 Å². The van der Waals surface area contributed by atoms with Crippen LogP contribution >= 0.6 is 11.8 Å². The molecule has 1 amide bonds. The van der Waals surface area contributed by atoms with E-state index in [1.54, 1.807) is 30.6 Å². The van der Waals surface area contributed by atoms with Crippen LogP contribution in [0.25, 0.3) is 0 Å². The Labute approximate surface area is 152 Å². The summed E-state index contributed by atoms with van der Waals surface area (Å²) in [5.74, 6) is -0.104. The van der Waals surface area contributed by atoms with E-state index < -0.39 is 0 Å². The zero-order valence-corrected chi connectivity index (χ0v) is 15.7. The molecule has 0 fully saturated rings. The Morgan fingerprint density at radius 3 is 2.60 bits per heavy atom. The fourth-order valence-corrected chi connectivity index (χ4v) is 3.12. The van der Waals surface area contributed by atoms with Gasteiger partial charge in [0.05, 0.1) is 5.25 Å². The van der Waals surface area contributed by atoms with Crippen LogP contribution in [0.15, 0.2) is 35.7 Å². The molecule has 2 rings (SSSR count). The first-order valence-electron chi connectivity index (χ1n) is 8.47. The lowest BCUT2D eigenvalue weighted by molar-refractivity contribution is -0.115. The summed E-state index contributed by atoms with van der Waals surface area (Å²) >= 11 is 1.39. The van der Waals surface area contributed by atoms with Crippen molar-refractivity contribution in [2.24, 2.45) is 0 Å². The molecule has 0 spiro atoms. The maximum Gasteiger partial charge on any atom is 0.237 e. The van der Waals surface area contributed by atoms with Gasteiger partial charge in [-0.3, -0.25) is 9.59 Å². The molecule has 7 heteroatoms. The highest BCUT2D eigenvalue weighted by molar-refractivity contribution is 8.00. The van der Waals surface area contributed by atoms with Crippen molar-refractivity contribution in [1.82, 2.24) is 14.8 Å². The number of aryl methyl sites for hydroxylation is 1. The second kappa shape index (κ2) is 9.36. The molecule has 0 aliphatic rings. The number of amides is 1. The Morgan fingerprint density at radius 1 is 1.24 bits per heavy atom. The van der Waals surface area contributed by atoms with Crippen LogP contribution in [0.4, 0.5) is 5.69 Å². The van der Waals surface area contributed by atoms with Crippen molar-refractivity contribution in [3.8, 4) is 0 Å². The van der Waals surface area contributed by atoms with E-state index in [-0.39, 0.29) is 16.9 Å². The van der Waals surface area contributed by atoms with Gasteiger partial charge >= 0.3 is 0 Å². The summed E-state index contributed by atoms with van der Waals surface area (Å²) in [5.41, 5.74) is 1.30. The number of thioether (sulfide) groups is 1. The van der Waals surface area contributed by atoms with Gasteiger partial charge in [0.15, 0.2) is 10.9 Å². The molecule has 1 heterocycles. The fraction of sp³-hybridized carbons (Fsp3) is 0.444. The van der Waals surface area contributed by atoms with Crippen molar-refractivity contribution in [2.45, 2.75) is 57.0 Å². The zero-order chi connectivity index (χ0) is 18.2. The van der Waals surface area contributed by atoms with Gasteiger partial charge in [0, 0.05) is 17.8 Å². The maximum atomic E-state index is 12.4. The highest BCUT2D eigenvalue weighted by Crippen LogP contribution is 2.22. The SMILES string of the molecule is CCCCCn1cnnc1S[C@@H](C)C(=O)Nc1ccc(C(C)=O)cc1. The molecule has 1 atom stereocenters. The second-order valence-corrected chi connectivity index (χ2v) is 7.20. The van der Waals surface area contributed by atoms with E-state index in [0.717, 1.165) is 31.0 Å². The minimum Gasteiger partial charge on any atom is -0.325 e. The largest absolute Gasteiger partial charge is 0.325 e. The van der Waals surface area contributed by atoms with Crippen LogP contribution in [-0.2, 0) is 11.3 Å². The van der Waals surface area contributed by atoms with Crippen LogP contribution in [0.3, 0.4) is 0 Å². The Morgan fingerprint density at radius 2 is 1.96 bits per heavy atom. The van der Waals surface area contributed by atoms with Crippen molar-refractivity contribution in [1.29, 1.82) is 0 Å². The van der Waals surface area contributed by atoms with Crippen molar-refractivity contribution in [2.75, 3.05) is 5.32 Å². The first kappa shape index (κ1) is 19.2. The van der Waals surface area contributed by atoms with Gasteiger partial charge in [-0.2, -0.15) is 0 Å². The number of unbranched alkanes of at least 4 members (excludes halogenated alkanes) is 2. The molecular formula is C18H24N4O2S. The molecular weight excluding hydrogens is 336 g/mol. The minimum atomic E-state index is -0.304. The predicted octanol–water partition coefficient (Wildman–Crippen LogP) is 3.79. The highest BCUT2D eigenvalue weighted by Gasteiger charge is 2.18. The Balaban J connectivity index is 1.92. The number of carbonyl (C=O) groups is 2. The molecule has 2 aromatic rings. The molecule has 1 N–H and O–H groups in total. The summed E-state index contributed by atoms with van der Waals surface area (Å²) < 4.78 is 1.99. The van der Waals surface area contributed by atoms with Gasteiger partial charge in [-0.05, 0) is 44.5 Å². The average molecular weight is 360 g/mol. The normalized spacial score (nSPS) is 12.0. The number of hydrogen-bond acceptors (Lipinski definition) is 5. The molecule has 0 aliphatic heterocycles. The van der Waals surface area contributed by atoms with Crippen LogP contribution in [0.2, 0.25) is 0 Å². The zero-order valence-electron chi connectivity index (χ0n) is 14.9. The molecule has 134 valence electrons. The average Bonchev–Trinajstić information content (AvgIpc) is 3.02. The summed E-state index contributed by atoms with van der Waals surface area (Å²) in [6, 6.07) is 6.89. The molecule has 0 aliphatic carbocycles. The number of benzene rings is 1. The number of hydrogen-bond donors (Lipinski definition) is 1. The third kappa shape index (κ3) is 5.70. The van der Waals surface area contributed by atoms with E-state index in [0.29, 0.717) is 11.3 Å². The maximum absolute atomic E-state index is 12.4. The fourth-order valence-electron chi connectivity index (χ4n) is 2.26. The first-order valence-corrected chi connectivity index (χ1v) is 9.35. The molecule has 1 aromatic carbocycles. The van der Waals surface area contributed by atoms with E-state index in [9.17, 15) is 9.59 Å². The van der Waals surface area contributed by atoms with Gasteiger partial charge in [0.1, 0.15) is 6.33 Å². The monoisotopic (exact) mass is 360 g/mol. The van der Waals surface area contributed by atoms with Gasteiger partial charge in [0.25, 0.3) is 0 Å². The molecule has 0 saturated carbocycles. The number of nitrogens with zero attached hydrogens (tertiary/aromatic N) is 3. The number of carbonyl (C=O) groups excluding carboxylic acids is 2. The number of aromatic nitrogens is 3. The number of anilines is 1. The molecule has 0 unspecified atom stereocenters. The van der Waals surface area contributed by atoms with Crippen LogP contribution in [0.1, 0.15) is 50.4 Å². The highest BCUT2D eigenvalue weighted by atomic mass is 32.2. The smallest absolute Gasteiger partial charge is 0.237 e. The van der Waals surface area contributed by atoms with Crippen LogP contribution in [-0.4, -0.2) is 31.7 Å². The van der Waals surface area contributed by atoms with Crippen molar-refractivity contribution in [3.05, 3.63) is 36.2 Å². The number of ketones is 1. The van der Waals surface area contributed by atoms with Gasteiger partial charge in [-0.15, -0.1) is 10.2 Å². The summed E-state index contributed by atoms with van der Waals surface area (Å²) in [7, 11) is 0. The van der Waals surface area contributed by atoms with E-state index in [1.807, 2.05) is 11.5 Å². The number of rotatable bonds is 9. The second-order valence-electron chi connectivity index (χ2n) is 5.90. The molecule has 0 saturated heterocycles. The van der Waals surface area contributed by atoms with Gasteiger partial charge in [-0.1, -0.05) is 31.5 Å². The summed E-state index contributed by atoms with van der Waals surface area (Å²) in [6.07, 6.45) is 5.11. The topological polar surface area (TPSA) is 76.9 Å². The lowest BCUT2D eigenvalue weighted by Gasteiger charge is -2.12. The van der Waals surface area contributed by atoms with E-state index in [2.05, 4.69) is 22.4 Å². The first-order chi connectivity index (χ1) is 12.0. The molecule has 6 nitrogen and oxygen atoms in total. The molecule has 0 radical (unpaired) electrons. The Hall–Kier alpha value is -2.15. The lowest BCUT2D eigenvalue weighted by Crippen LogP contribution is -2.23. The van der Waals surface area contributed by atoms with Gasteiger partial charge < -0.3 is 9.88 Å². The van der Waals surface area contributed by atoms with E-state index >= 15 is 0 Å². The van der Waals surface area contributed by atoms with E-state index in [4.69, 9.17) is 0 Å². The van der Waals surface area contributed by atoms with Crippen molar-refractivity contribution >= 4 is 29.1 Å². The van der Waals surface area contributed by atoms with Crippen molar-refractivity contribution < 1.29 is 9.59 Å². The molecule has 1 aromatic heterocycles.